The van der Waals surface area contributed by atoms with Gasteiger partial charge in [0, 0.05) is 50.6 Å². The van der Waals surface area contributed by atoms with Crippen LogP contribution in [0.3, 0.4) is 0 Å². The van der Waals surface area contributed by atoms with Crippen molar-refractivity contribution in [1.29, 1.82) is 0 Å². The number of aromatic nitrogens is 1. The largest absolute Gasteiger partial charge is 0.376 e. The third-order valence-corrected chi connectivity index (χ3v) is 4.95. The summed E-state index contributed by atoms with van der Waals surface area (Å²) in [6.07, 6.45) is 1.98. The third kappa shape index (κ3) is 3.13. The lowest BCUT2D eigenvalue weighted by molar-refractivity contribution is -0.134. The summed E-state index contributed by atoms with van der Waals surface area (Å²) in [5.41, 5.74) is 0.656. The van der Waals surface area contributed by atoms with Gasteiger partial charge in [-0.15, -0.1) is 0 Å². The van der Waals surface area contributed by atoms with Gasteiger partial charge < -0.3 is 19.5 Å². The van der Waals surface area contributed by atoms with Crippen LogP contribution in [0.2, 0.25) is 0 Å². The van der Waals surface area contributed by atoms with E-state index in [9.17, 15) is 9.59 Å². The minimum atomic E-state index is -0.0611. The smallest absolute Gasteiger partial charge is 0.267 e. The summed E-state index contributed by atoms with van der Waals surface area (Å²) in [5, 5.41) is 3.00. The van der Waals surface area contributed by atoms with Crippen LogP contribution < -0.4 is 5.32 Å². The van der Waals surface area contributed by atoms with E-state index in [1.54, 1.807) is 0 Å². The monoisotopic (exact) mass is 319 g/mol. The highest BCUT2D eigenvalue weighted by atomic mass is 16.5. The van der Waals surface area contributed by atoms with Gasteiger partial charge in [-0.25, -0.2) is 0 Å². The summed E-state index contributed by atoms with van der Waals surface area (Å²) in [7, 11) is 1.86. The maximum atomic E-state index is 12.2. The van der Waals surface area contributed by atoms with E-state index in [4.69, 9.17) is 4.74 Å². The van der Waals surface area contributed by atoms with Gasteiger partial charge in [-0.1, -0.05) is 13.8 Å². The SMILES string of the molecule is CC(C)C(=O)N1C[C@@H]2[C@@H](CNC(=O)c3cccn3C)CO[C@@H]2C1. The first-order valence-corrected chi connectivity index (χ1v) is 8.27. The average molecular weight is 319 g/mol. The van der Waals surface area contributed by atoms with E-state index in [1.165, 1.54) is 0 Å². The molecule has 1 aromatic rings. The van der Waals surface area contributed by atoms with Crippen molar-refractivity contribution in [1.82, 2.24) is 14.8 Å². The second-order valence-electron chi connectivity index (χ2n) is 6.91. The first-order valence-electron chi connectivity index (χ1n) is 8.27. The molecule has 0 aliphatic carbocycles. The van der Waals surface area contributed by atoms with Crippen LogP contribution in [0.15, 0.2) is 18.3 Å². The second-order valence-corrected chi connectivity index (χ2v) is 6.91. The molecule has 2 saturated heterocycles. The van der Waals surface area contributed by atoms with Crippen molar-refractivity contribution in [3.8, 4) is 0 Å². The third-order valence-electron chi connectivity index (χ3n) is 4.95. The van der Waals surface area contributed by atoms with E-state index in [0.29, 0.717) is 31.3 Å². The van der Waals surface area contributed by atoms with Gasteiger partial charge in [0.25, 0.3) is 5.91 Å². The maximum absolute atomic E-state index is 12.2. The molecule has 23 heavy (non-hydrogen) atoms. The van der Waals surface area contributed by atoms with Crippen LogP contribution in [0, 0.1) is 17.8 Å². The fourth-order valence-corrected chi connectivity index (χ4v) is 3.57. The zero-order valence-corrected chi connectivity index (χ0v) is 14.0. The van der Waals surface area contributed by atoms with E-state index in [2.05, 4.69) is 5.32 Å². The Balaban J connectivity index is 1.55. The molecule has 0 saturated carbocycles. The van der Waals surface area contributed by atoms with Crippen LogP contribution in [0.1, 0.15) is 24.3 Å². The lowest BCUT2D eigenvalue weighted by atomic mass is 9.93. The van der Waals surface area contributed by atoms with Crippen LogP contribution in [-0.2, 0) is 16.6 Å². The molecule has 0 bridgehead atoms. The maximum Gasteiger partial charge on any atom is 0.267 e. The Morgan fingerprint density at radius 3 is 2.83 bits per heavy atom. The summed E-state index contributed by atoms with van der Waals surface area (Å²) >= 11 is 0. The highest BCUT2D eigenvalue weighted by molar-refractivity contribution is 5.92. The minimum Gasteiger partial charge on any atom is -0.376 e. The molecule has 2 fully saturated rings. The molecule has 0 unspecified atom stereocenters. The van der Waals surface area contributed by atoms with Crippen molar-refractivity contribution in [2.24, 2.45) is 24.8 Å². The number of aryl methyl sites for hydroxylation is 1. The highest BCUT2D eigenvalue weighted by Crippen LogP contribution is 2.33. The number of rotatable bonds is 4. The molecule has 3 heterocycles. The zero-order valence-electron chi connectivity index (χ0n) is 14.0. The number of hydrogen-bond acceptors (Lipinski definition) is 3. The number of fused-ring (bicyclic) bond motifs is 1. The molecular formula is C17H25N3O3. The van der Waals surface area contributed by atoms with Crippen molar-refractivity contribution < 1.29 is 14.3 Å². The van der Waals surface area contributed by atoms with Gasteiger partial charge in [-0.3, -0.25) is 9.59 Å². The number of amides is 2. The predicted molar refractivity (Wildman–Crippen MR) is 85.9 cm³/mol. The Labute approximate surface area is 136 Å². The standard InChI is InChI=1S/C17H25N3O3/c1-11(2)17(22)20-8-13-12(10-23-15(13)9-20)7-18-16(21)14-5-4-6-19(14)3/h4-6,11-13,15H,7-10H2,1-3H3,(H,18,21)/t12-,13+,15+/m0/s1. The molecule has 2 aliphatic heterocycles. The first kappa shape index (κ1) is 16.1. The fourth-order valence-electron chi connectivity index (χ4n) is 3.57. The van der Waals surface area contributed by atoms with E-state index in [-0.39, 0.29) is 29.8 Å². The van der Waals surface area contributed by atoms with E-state index < -0.39 is 0 Å². The summed E-state index contributed by atoms with van der Waals surface area (Å²) in [5.74, 6) is 0.744. The van der Waals surface area contributed by atoms with E-state index in [1.807, 2.05) is 48.7 Å². The van der Waals surface area contributed by atoms with Gasteiger partial charge in [-0.2, -0.15) is 0 Å². The quantitative estimate of drug-likeness (QED) is 0.896. The van der Waals surface area contributed by atoms with Gasteiger partial charge >= 0.3 is 0 Å². The van der Waals surface area contributed by atoms with Gasteiger partial charge in [0.2, 0.25) is 5.91 Å². The van der Waals surface area contributed by atoms with Gasteiger partial charge in [0.05, 0.1) is 12.7 Å². The molecule has 0 radical (unpaired) electrons. The number of carbonyl (C=O) groups excluding carboxylic acids is 2. The molecule has 1 aromatic heterocycles. The average Bonchev–Trinajstić information content (AvgIpc) is 3.19. The highest BCUT2D eigenvalue weighted by Gasteiger charge is 2.45. The summed E-state index contributed by atoms with van der Waals surface area (Å²) < 4.78 is 7.65. The molecular weight excluding hydrogens is 294 g/mol. The lowest BCUT2D eigenvalue weighted by Gasteiger charge is -2.21. The van der Waals surface area contributed by atoms with Crippen LogP contribution in [0.5, 0.6) is 0 Å². The summed E-state index contributed by atoms with van der Waals surface area (Å²) in [6, 6.07) is 3.66. The topological polar surface area (TPSA) is 63.6 Å². The predicted octanol–water partition coefficient (Wildman–Crippen LogP) is 0.884. The molecule has 3 atom stereocenters. The van der Waals surface area contributed by atoms with Crippen LogP contribution >= 0.6 is 0 Å². The number of nitrogens with zero attached hydrogens (tertiary/aromatic N) is 2. The van der Waals surface area contributed by atoms with Crippen molar-refractivity contribution >= 4 is 11.8 Å². The Bertz CT molecular complexity index is 596. The van der Waals surface area contributed by atoms with E-state index >= 15 is 0 Å². The number of likely N-dealkylation sites (tertiary alicyclic amines) is 1. The number of ether oxygens (including phenoxy) is 1. The molecule has 0 aromatic carbocycles. The zero-order chi connectivity index (χ0) is 16.6. The summed E-state index contributed by atoms with van der Waals surface area (Å²) in [4.78, 5) is 26.2. The van der Waals surface area contributed by atoms with Crippen molar-refractivity contribution in [3.63, 3.8) is 0 Å². The van der Waals surface area contributed by atoms with Crippen LogP contribution in [0.25, 0.3) is 0 Å². The van der Waals surface area contributed by atoms with Crippen LogP contribution in [0.4, 0.5) is 0 Å². The molecule has 3 rings (SSSR count). The minimum absolute atomic E-state index is 0.0179. The first-order chi connectivity index (χ1) is 11.0. The van der Waals surface area contributed by atoms with E-state index in [0.717, 1.165) is 6.54 Å². The molecule has 2 aliphatic rings. The number of nitrogens with one attached hydrogen (secondary N) is 1. The second kappa shape index (κ2) is 6.35. The van der Waals surface area contributed by atoms with Crippen LogP contribution in [-0.4, -0.2) is 53.6 Å². The normalized spacial score (nSPS) is 26.6. The Hall–Kier alpha value is -1.82. The molecule has 6 nitrogen and oxygen atoms in total. The van der Waals surface area contributed by atoms with Gasteiger partial charge in [0.1, 0.15) is 5.69 Å². The Kier molecular flexibility index (Phi) is 4.43. The number of hydrogen-bond donors (Lipinski definition) is 1. The van der Waals surface area contributed by atoms with Gasteiger partial charge in [0.15, 0.2) is 0 Å². The Morgan fingerprint density at radius 2 is 2.17 bits per heavy atom. The number of carbonyl (C=O) groups is 2. The van der Waals surface area contributed by atoms with Gasteiger partial charge in [-0.05, 0) is 12.1 Å². The summed E-state index contributed by atoms with van der Waals surface area (Å²) in [6.45, 7) is 6.53. The van der Waals surface area contributed by atoms with Crippen molar-refractivity contribution in [3.05, 3.63) is 24.0 Å². The molecule has 0 spiro atoms. The van der Waals surface area contributed by atoms with Crippen molar-refractivity contribution in [2.45, 2.75) is 20.0 Å². The lowest BCUT2D eigenvalue weighted by Crippen LogP contribution is -2.37. The molecule has 126 valence electrons. The van der Waals surface area contributed by atoms with Crippen molar-refractivity contribution in [2.75, 3.05) is 26.2 Å². The Morgan fingerprint density at radius 1 is 1.39 bits per heavy atom. The molecule has 1 N–H and O–H groups in total. The molecule has 6 heteroatoms. The molecule has 2 amide bonds. The fraction of sp³-hybridized carbons (Fsp3) is 0.647.